The molecule has 18 heteroatoms. The van der Waals surface area contributed by atoms with Gasteiger partial charge in [-0.2, -0.15) is 9.36 Å². The average molecular weight is 538 g/mol. The van der Waals surface area contributed by atoms with Crippen LogP contribution in [0.2, 0.25) is 0 Å². The maximum atomic E-state index is 12.9. The number of nitrogens with zero attached hydrogens (tertiary/aromatic N) is 6. The Morgan fingerprint density at radius 3 is 2.75 bits per heavy atom. The minimum absolute atomic E-state index is 0.0200. The number of hydrogen-bond donors (Lipinski definition) is 4. The van der Waals surface area contributed by atoms with Crippen molar-refractivity contribution in [2.75, 3.05) is 23.8 Å². The van der Waals surface area contributed by atoms with Crippen molar-refractivity contribution in [3.05, 3.63) is 29.4 Å². The minimum Gasteiger partial charge on any atom is -0.543 e. The minimum atomic E-state index is -1.53. The number of thioether (sulfide) groups is 1. The number of nitrogen functional groups attached to an aromatic ring is 2. The number of anilines is 2. The number of hydrogen-bond acceptors (Lipinski definition) is 13. The van der Waals surface area contributed by atoms with Crippen molar-refractivity contribution >= 4 is 63.7 Å². The predicted molar refractivity (Wildman–Crippen MR) is 122 cm³/mol. The molecule has 2 amide bonds. The van der Waals surface area contributed by atoms with Gasteiger partial charge in [0, 0.05) is 22.9 Å². The second kappa shape index (κ2) is 9.82. The van der Waals surface area contributed by atoms with Crippen LogP contribution >= 0.6 is 23.3 Å². The van der Waals surface area contributed by atoms with Gasteiger partial charge in [0.05, 0.1) is 24.8 Å². The van der Waals surface area contributed by atoms with Gasteiger partial charge < -0.3 is 36.6 Å². The van der Waals surface area contributed by atoms with E-state index in [0.717, 1.165) is 16.4 Å². The molecule has 16 nitrogen and oxygen atoms in total. The number of carboxylic acids is 2. The van der Waals surface area contributed by atoms with Crippen molar-refractivity contribution < 1.29 is 38.9 Å². The molecule has 190 valence electrons. The van der Waals surface area contributed by atoms with Crippen molar-refractivity contribution in [1.29, 1.82) is 0 Å². The van der Waals surface area contributed by atoms with E-state index < -0.39 is 47.5 Å². The Bertz CT molecular complexity index is 1320. The molecule has 2 aromatic heterocycles. The summed E-state index contributed by atoms with van der Waals surface area (Å²) in [6.45, 7) is -0.676. The topological polar surface area (TPSA) is 235 Å². The smallest absolute Gasteiger partial charge is 0.344 e. The Balaban J connectivity index is 1.53. The van der Waals surface area contributed by atoms with E-state index in [0.29, 0.717) is 11.4 Å². The van der Waals surface area contributed by atoms with E-state index in [4.69, 9.17) is 16.6 Å². The first-order valence-corrected chi connectivity index (χ1v) is 11.9. The number of fused-ring (bicyclic) bond motifs is 1. The van der Waals surface area contributed by atoms with Gasteiger partial charge in [0.25, 0.3) is 11.8 Å². The van der Waals surface area contributed by atoms with Crippen LogP contribution in [0.15, 0.2) is 28.7 Å². The fourth-order valence-electron chi connectivity index (χ4n) is 3.54. The van der Waals surface area contributed by atoms with Crippen LogP contribution in [0.1, 0.15) is 5.82 Å². The van der Waals surface area contributed by atoms with Gasteiger partial charge >= 0.3 is 5.97 Å². The number of oxime groups is 1. The summed E-state index contributed by atoms with van der Waals surface area (Å²) in [6, 6.07) is 0.556. The fourth-order valence-corrected chi connectivity index (χ4v) is 5.31. The van der Waals surface area contributed by atoms with Crippen molar-refractivity contribution in [3.8, 4) is 0 Å². The summed E-state index contributed by atoms with van der Waals surface area (Å²) >= 11 is 2.02. The maximum absolute atomic E-state index is 12.9. The summed E-state index contributed by atoms with van der Waals surface area (Å²) in [5.74, 6) is -3.98. The Morgan fingerprint density at radius 1 is 1.42 bits per heavy atom. The molecule has 0 spiro atoms. The largest absolute Gasteiger partial charge is 0.543 e. The first-order chi connectivity index (χ1) is 17.1. The standard InChI is InChI=1S/C18H19N9O7S2/c1-25-8(19)2-3-26(25)4-7-6-35-16-11(15(31)27(16)12(7)17(32)33)21-14(30)10(23-34-5-9(28)29)13-22-18(20)36-24-13/h2-3,11,16,19H,4-6H2,1H3,(H5,20,21,22,24,28,29,30,32,33)/t11-,16-/m1/s1. The molecule has 4 rings (SSSR count). The molecular weight excluding hydrogens is 518 g/mol. The molecule has 0 radical (unpaired) electrons. The van der Waals surface area contributed by atoms with E-state index in [1.807, 2.05) is 0 Å². The third-order valence-corrected chi connectivity index (χ3v) is 7.15. The van der Waals surface area contributed by atoms with Gasteiger partial charge in [-0.1, -0.05) is 5.16 Å². The second-order valence-corrected chi connectivity index (χ2v) is 9.41. The summed E-state index contributed by atoms with van der Waals surface area (Å²) in [4.78, 5) is 58.0. The maximum Gasteiger partial charge on any atom is 0.344 e. The van der Waals surface area contributed by atoms with E-state index in [1.165, 1.54) is 11.8 Å². The zero-order valence-corrected chi connectivity index (χ0v) is 20.1. The fraction of sp³-hybridized carbons (Fsp3) is 0.333. The Morgan fingerprint density at radius 2 is 2.17 bits per heavy atom. The van der Waals surface area contributed by atoms with Crippen LogP contribution in [0, 0.1) is 0 Å². The van der Waals surface area contributed by atoms with Crippen LogP contribution in [-0.2, 0) is 37.6 Å². The number of aromatic nitrogens is 4. The molecular formula is C18H19N9O7S2. The molecule has 0 bridgehead atoms. The summed E-state index contributed by atoms with van der Waals surface area (Å²) in [6.07, 6.45) is 1.68. The van der Waals surface area contributed by atoms with Crippen molar-refractivity contribution in [2.45, 2.75) is 18.0 Å². The van der Waals surface area contributed by atoms with Gasteiger partial charge in [0.2, 0.25) is 18.1 Å². The molecule has 4 heterocycles. The number of carbonyl (C=O) groups excluding carboxylic acids is 3. The van der Waals surface area contributed by atoms with E-state index in [2.05, 4.69) is 24.7 Å². The van der Waals surface area contributed by atoms with Gasteiger partial charge in [-0.25, -0.2) is 4.79 Å². The van der Waals surface area contributed by atoms with Crippen LogP contribution in [0.25, 0.3) is 0 Å². The van der Waals surface area contributed by atoms with Gasteiger partial charge in [0.1, 0.15) is 11.4 Å². The SMILES string of the molecule is Cn1c(N)cc[n+]1CC1=C(C(=O)[O-])N2C(=O)[C@@H](NC(=O)C(=NOCC(=O)O)c3nsc(N)n3)[C@H]2SC1. The van der Waals surface area contributed by atoms with Crippen LogP contribution in [0.3, 0.4) is 0 Å². The number of nitrogens with one attached hydrogen (secondary N) is 1. The van der Waals surface area contributed by atoms with Gasteiger partial charge in [-0.05, 0) is 0 Å². The highest BCUT2D eigenvalue weighted by Gasteiger charge is 2.53. The molecule has 36 heavy (non-hydrogen) atoms. The van der Waals surface area contributed by atoms with Crippen LogP contribution in [0.5, 0.6) is 0 Å². The lowest BCUT2D eigenvalue weighted by molar-refractivity contribution is -0.765. The number of nitrogens with two attached hydrogens (primary N) is 2. The van der Waals surface area contributed by atoms with Crippen molar-refractivity contribution in [2.24, 2.45) is 12.2 Å². The Hall–Kier alpha value is -4.19. The van der Waals surface area contributed by atoms with Crippen molar-refractivity contribution in [1.82, 2.24) is 24.3 Å². The zero-order valence-electron chi connectivity index (χ0n) is 18.5. The van der Waals surface area contributed by atoms with Gasteiger partial charge in [-0.15, -0.1) is 21.1 Å². The lowest BCUT2D eigenvalue weighted by Crippen LogP contribution is -2.71. The number of carboxylic acid groups (broad SMARTS) is 2. The Kier molecular flexibility index (Phi) is 6.80. The molecule has 1 saturated heterocycles. The summed E-state index contributed by atoms with van der Waals surface area (Å²) in [5, 5.41) is 25.9. The van der Waals surface area contributed by atoms with E-state index in [1.54, 1.807) is 28.7 Å². The van der Waals surface area contributed by atoms with Crippen molar-refractivity contribution in [3.63, 3.8) is 0 Å². The molecule has 2 aliphatic rings. The van der Waals surface area contributed by atoms with E-state index in [-0.39, 0.29) is 29.0 Å². The summed E-state index contributed by atoms with van der Waals surface area (Å²) in [5.41, 5.74) is 11.0. The van der Waals surface area contributed by atoms with Crippen LogP contribution < -0.4 is 26.6 Å². The molecule has 0 unspecified atom stereocenters. The third kappa shape index (κ3) is 4.67. The first-order valence-electron chi connectivity index (χ1n) is 10.1. The lowest BCUT2D eigenvalue weighted by atomic mass is 10.0. The summed E-state index contributed by atoms with van der Waals surface area (Å²) < 4.78 is 7.17. The quantitative estimate of drug-likeness (QED) is 0.104. The predicted octanol–water partition coefficient (Wildman–Crippen LogP) is -3.76. The molecule has 2 atom stereocenters. The van der Waals surface area contributed by atoms with E-state index >= 15 is 0 Å². The molecule has 6 N–H and O–H groups in total. The monoisotopic (exact) mass is 537 g/mol. The number of aliphatic carboxylic acids is 2. The Labute approximate surface area is 210 Å². The highest BCUT2D eigenvalue weighted by atomic mass is 32.2. The first kappa shape index (κ1) is 24.9. The number of rotatable bonds is 9. The highest BCUT2D eigenvalue weighted by Crippen LogP contribution is 2.40. The van der Waals surface area contributed by atoms with Crippen LogP contribution in [-0.4, -0.2) is 77.3 Å². The van der Waals surface area contributed by atoms with E-state index in [9.17, 15) is 24.3 Å². The summed E-state index contributed by atoms with van der Waals surface area (Å²) in [7, 11) is 1.71. The van der Waals surface area contributed by atoms with Gasteiger partial charge in [-0.3, -0.25) is 14.5 Å². The molecule has 2 aliphatic heterocycles. The molecule has 2 aromatic rings. The molecule has 0 saturated carbocycles. The second-order valence-electron chi connectivity index (χ2n) is 7.53. The number of carbonyl (C=O) groups is 4. The highest BCUT2D eigenvalue weighted by molar-refractivity contribution is 8.00. The average Bonchev–Trinajstić information content (AvgIpc) is 3.39. The number of amides is 2. The lowest BCUT2D eigenvalue weighted by Gasteiger charge is -2.50. The molecule has 0 aromatic carbocycles. The molecule has 0 aliphatic carbocycles. The van der Waals surface area contributed by atoms with Gasteiger partial charge in [0.15, 0.2) is 23.7 Å². The third-order valence-electron chi connectivity index (χ3n) is 5.27. The normalized spacial score (nSPS) is 19.5. The van der Waals surface area contributed by atoms with Crippen LogP contribution in [0.4, 0.5) is 10.9 Å². The number of β-lactam (4-membered cyclic amide) rings is 1. The zero-order chi connectivity index (χ0) is 26.1. The molecule has 1 fully saturated rings.